The number of nitrogens with zero attached hydrogens (tertiary/aromatic N) is 5. The van der Waals surface area contributed by atoms with Crippen LogP contribution in [0, 0.1) is 11.3 Å². The largest absolute Gasteiger partial charge is 0.439 e. The number of oxazole rings is 1. The van der Waals surface area contributed by atoms with E-state index in [2.05, 4.69) is 15.1 Å². The molecule has 0 unspecified atom stereocenters. The lowest BCUT2D eigenvalue weighted by atomic mass is 9.98. The highest BCUT2D eigenvalue weighted by Crippen LogP contribution is 2.24. The third-order valence-corrected chi connectivity index (χ3v) is 4.00. The van der Waals surface area contributed by atoms with Gasteiger partial charge in [-0.3, -0.25) is 4.79 Å². The molecule has 0 spiro atoms. The number of benzene rings is 2. The average Bonchev–Trinajstić information content (AvgIpc) is 3.32. The van der Waals surface area contributed by atoms with Crippen LogP contribution in [0.3, 0.4) is 0 Å². The molecule has 126 valence electrons. The number of fused-ring (bicyclic) bond motifs is 1. The van der Waals surface area contributed by atoms with Gasteiger partial charge in [-0.05, 0) is 17.7 Å². The van der Waals surface area contributed by atoms with E-state index in [4.69, 9.17) is 4.42 Å². The predicted octanol–water partition coefficient (Wildman–Crippen LogP) is 2.96. The Morgan fingerprint density at radius 2 is 2.00 bits per heavy atom. The first-order valence-corrected chi connectivity index (χ1v) is 7.95. The smallest absolute Gasteiger partial charge is 0.220 e. The molecular weight excluding hydrogens is 330 g/mol. The van der Waals surface area contributed by atoms with E-state index in [1.165, 1.54) is 6.33 Å². The van der Waals surface area contributed by atoms with E-state index < -0.39 is 5.92 Å². The normalized spacial score (nSPS) is 12.0. The van der Waals surface area contributed by atoms with Crippen LogP contribution in [-0.2, 0) is 6.54 Å². The van der Waals surface area contributed by atoms with Crippen LogP contribution in [0.15, 0.2) is 65.6 Å². The molecule has 26 heavy (non-hydrogen) atoms. The van der Waals surface area contributed by atoms with Crippen molar-refractivity contribution in [3.63, 3.8) is 0 Å². The first-order chi connectivity index (χ1) is 12.7. The number of Topliss-reactive ketones (excluding diaryl/α,β-unsaturated/α-hetero) is 1. The second kappa shape index (κ2) is 6.61. The summed E-state index contributed by atoms with van der Waals surface area (Å²) in [6.07, 6.45) is 3.09. The van der Waals surface area contributed by atoms with E-state index in [1.54, 1.807) is 35.3 Å². The molecule has 4 aromatic rings. The maximum Gasteiger partial charge on any atom is 0.220 e. The van der Waals surface area contributed by atoms with Gasteiger partial charge < -0.3 is 4.42 Å². The zero-order valence-corrected chi connectivity index (χ0v) is 13.6. The monoisotopic (exact) mass is 343 g/mol. The maximum atomic E-state index is 12.7. The zero-order chi connectivity index (χ0) is 17.9. The summed E-state index contributed by atoms with van der Waals surface area (Å²) >= 11 is 0. The van der Waals surface area contributed by atoms with Crippen molar-refractivity contribution >= 4 is 16.9 Å². The molecule has 7 nitrogen and oxygen atoms in total. The molecule has 7 heteroatoms. The topological polar surface area (TPSA) is 97.6 Å². The number of carbonyl (C=O) groups is 1. The van der Waals surface area contributed by atoms with Crippen LogP contribution >= 0.6 is 0 Å². The van der Waals surface area contributed by atoms with Crippen LogP contribution in [0.25, 0.3) is 11.1 Å². The van der Waals surface area contributed by atoms with Gasteiger partial charge in [0, 0.05) is 5.56 Å². The fraction of sp³-hybridized carbons (Fsp3) is 0.105. The fourth-order valence-corrected chi connectivity index (χ4v) is 2.68. The molecule has 2 heterocycles. The number of nitriles is 1. The highest BCUT2D eigenvalue weighted by atomic mass is 16.3. The SMILES string of the molecule is N#C[C@@H](C(=O)c1ccc(Cn2cncn2)cc1)c1nc2ccccc2o1. The van der Waals surface area contributed by atoms with Gasteiger partial charge in [0.2, 0.25) is 5.89 Å². The van der Waals surface area contributed by atoms with E-state index in [1.807, 2.05) is 30.3 Å². The molecule has 0 aliphatic heterocycles. The van der Waals surface area contributed by atoms with Gasteiger partial charge in [-0.2, -0.15) is 10.4 Å². The molecule has 0 bridgehead atoms. The molecule has 0 saturated heterocycles. The van der Waals surface area contributed by atoms with Crippen molar-refractivity contribution in [3.05, 3.63) is 78.2 Å². The summed E-state index contributed by atoms with van der Waals surface area (Å²) in [5.74, 6) is -1.31. The van der Waals surface area contributed by atoms with Crippen LogP contribution in [0.4, 0.5) is 0 Å². The van der Waals surface area contributed by atoms with Gasteiger partial charge in [0.1, 0.15) is 18.2 Å². The van der Waals surface area contributed by atoms with Crippen molar-refractivity contribution in [2.45, 2.75) is 12.5 Å². The van der Waals surface area contributed by atoms with Gasteiger partial charge in [-0.15, -0.1) is 0 Å². The molecule has 1 atom stereocenters. The van der Waals surface area contributed by atoms with Gasteiger partial charge in [-0.1, -0.05) is 36.4 Å². The van der Waals surface area contributed by atoms with Crippen LogP contribution < -0.4 is 0 Å². The molecule has 0 N–H and O–H groups in total. The maximum absolute atomic E-state index is 12.7. The molecule has 0 radical (unpaired) electrons. The summed E-state index contributed by atoms with van der Waals surface area (Å²) in [4.78, 5) is 20.9. The minimum absolute atomic E-state index is 0.116. The first kappa shape index (κ1) is 15.7. The number of hydrogen-bond acceptors (Lipinski definition) is 6. The summed E-state index contributed by atoms with van der Waals surface area (Å²) in [6, 6.07) is 16.2. The van der Waals surface area contributed by atoms with Crippen LogP contribution in [0.2, 0.25) is 0 Å². The van der Waals surface area contributed by atoms with Crippen molar-refractivity contribution in [2.75, 3.05) is 0 Å². The number of carbonyl (C=O) groups excluding carboxylic acids is 1. The lowest BCUT2D eigenvalue weighted by molar-refractivity contribution is 0.0970. The highest BCUT2D eigenvalue weighted by Gasteiger charge is 2.27. The van der Waals surface area contributed by atoms with Crippen molar-refractivity contribution in [2.24, 2.45) is 0 Å². The lowest BCUT2D eigenvalue weighted by Gasteiger charge is -2.06. The summed E-state index contributed by atoms with van der Waals surface area (Å²) in [6.45, 7) is 0.557. The van der Waals surface area contributed by atoms with Gasteiger partial charge >= 0.3 is 0 Å². The third kappa shape index (κ3) is 2.96. The molecule has 0 amide bonds. The quantitative estimate of drug-likeness (QED) is 0.517. The Morgan fingerprint density at radius 3 is 2.69 bits per heavy atom. The highest BCUT2D eigenvalue weighted by molar-refractivity contribution is 6.02. The Kier molecular flexibility index (Phi) is 4.00. The van der Waals surface area contributed by atoms with Crippen LogP contribution in [0.1, 0.15) is 27.7 Å². The van der Waals surface area contributed by atoms with E-state index in [-0.39, 0.29) is 11.7 Å². The first-order valence-electron chi connectivity index (χ1n) is 7.95. The Morgan fingerprint density at radius 1 is 1.19 bits per heavy atom. The van der Waals surface area contributed by atoms with Crippen LogP contribution in [0.5, 0.6) is 0 Å². The Balaban J connectivity index is 1.57. The summed E-state index contributed by atoms with van der Waals surface area (Å²) in [5, 5.41) is 13.5. The number of rotatable bonds is 5. The molecule has 2 aromatic carbocycles. The standard InChI is InChI=1S/C19H13N5O2/c20-9-15(19-23-16-3-1-2-4-17(16)26-19)18(25)14-7-5-13(6-8-14)10-24-12-21-11-22-24/h1-8,11-12,15H,10H2/t15-/m0/s1. The van der Waals surface area contributed by atoms with Crippen molar-refractivity contribution < 1.29 is 9.21 Å². The fourth-order valence-electron chi connectivity index (χ4n) is 2.68. The second-order valence-corrected chi connectivity index (χ2v) is 5.74. The number of aromatic nitrogens is 4. The summed E-state index contributed by atoms with van der Waals surface area (Å²) in [7, 11) is 0. The number of ketones is 1. The lowest BCUT2D eigenvalue weighted by Crippen LogP contribution is -2.12. The summed E-state index contributed by atoms with van der Waals surface area (Å²) < 4.78 is 7.27. The van der Waals surface area contributed by atoms with Gasteiger partial charge in [0.25, 0.3) is 0 Å². The van der Waals surface area contributed by atoms with Crippen LogP contribution in [-0.4, -0.2) is 25.5 Å². The van der Waals surface area contributed by atoms with E-state index in [9.17, 15) is 10.1 Å². The molecule has 0 aliphatic carbocycles. The molecule has 4 rings (SSSR count). The van der Waals surface area contributed by atoms with Crippen molar-refractivity contribution in [3.8, 4) is 6.07 Å². The predicted molar refractivity (Wildman–Crippen MR) is 92.3 cm³/mol. The minimum atomic E-state index is -1.08. The molecule has 0 saturated carbocycles. The third-order valence-electron chi connectivity index (χ3n) is 4.00. The molecule has 0 aliphatic rings. The number of para-hydroxylation sites is 2. The van der Waals surface area contributed by atoms with Crippen molar-refractivity contribution in [1.82, 2.24) is 19.7 Å². The van der Waals surface area contributed by atoms with Gasteiger partial charge in [0.15, 0.2) is 17.3 Å². The molecule has 2 aromatic heterocycles. The van der Waals surface area contributed by atoms with E-state index >= 15 is 0 Å². The second-order valence-electron chi connectivity index (χ2n) is 5.74. The number of hydrogen-bond donors (Lipinski definition) is 0. The van der Waals surface area contributed by atoms with Gasteiger partial charge in [0.05, 0.1) is 12.6 Å². The average molecular weight is 343 g/mol. The van der Waals surface area contributed by atoms with Crippen molar-refractivity contribution in [1.29, 1.82) is 5.26 Å². The Hall–Kier alpha value is -3.79. The summed E-state index contributed by atoms with van der Waals surface area (Å²) in [5.41, 5.74) is 2.58. The zero-order valence-electron chi connectivity index (χ0n) is 13.6. The van der Waals surface area contributed by atoms with E-state index in [0.29, 0.717) is 23.2 Å². The Bertz CT molecular complexity index is 1060. The molecule has 0 fully saturated rings. The minimum Gasteiger partial charge on any atom is -0.439 e. The van der Waals surface area contributed by atoms with E-state index in [0.717, 1.165) is 5.56 Å². The Labute approximate surface area is 148 Å². The van der Waals surface area contributed by atoms with Gasteiger partial charge in [-0.25, -0.2) is 14.6 Å². The molecular formula is C19H13N5O2.